The lowest BCUT2D eigenvalue weighted by molar-refractivity contribution is -0.113. The molecule has 32 heavy (non-hydrogen) atoms. The molecule has 9 heteroatoms. The molecular formula is C23H27N5O3S. The Kier molecular flexibility index (Phi) is 7.53. The number of nitrogens with one attached hydrogen (secondary N) is 2. The zero-order chi connectivity index (χ0) is 23.3. The van der Waals surface area contributed by atoms with E-state index >= 15 is 0 Å². The van der Waals surface area contributed by atoms with Crippen LogP contribution in [0.5, 0.6) is 5.75 Å². The SMILES string of the molecule is COc1ccc(C(=O)N[C@H](C)c2nnc(SCC(=O)Nc3cc(C)cc(C)c3)n2C)cc1. The summed E-state index contributed by atoms with van der Waals surface area (Å²) in [5.41, 5.74) is 3.49. The molecule has 0 fully saturated rings. The molecule has 1 atom stereocenters. The van der Waals surface area contributed by atoms with Crippen molar-refractivity contribution in [2.45, 2.75) is 32.0 Å². The van der Waals surface area contributed by atoms with Crippen molar-refractivity contribution in [1.29, 1.82) is 0 Å². The van der Waals surface area contributed by atoms with Gasteiger partial charge < -0.3 is 19.9 Å². The predicted molar refractivity (Wildman–Crippen MR) is 125 cm³/mol. The number of carbonyl (C=O) groups is 2. The van der Waals surface area contributed by atoms with Crippen molar-refractivity contribution in [3.8, 4) is 5.75 Å². The van der Waals surface area contributed by atoms with Gasteiger partial charge in [-0.15, -0.1) is 10.2 Å². The van der Waals surface area contributed by atoms with Crippen molar-refractivity contribution in [3.05, 3.63) is 65.0 Å². The van der Waals surface area contributed by atoms with Gasteiger partial charge in [0.1, 0.15) is 5.75 Å². The highest BCUT2D eigenvalue weighted by atomic mass is 32.2. The van der Waals surface area contributed by atoms with E-state index in [2.05, 4.69) is 26.9 Å². The molecule has 0 aliphatic heterocycles. The number of nitrogens with zero attached hydrogens (tertiary/aromatic N) is 3. The van der Waals surface area contributed by atoms with Crippen molar-refractivity contribution >= 4 is 29.3 Å². The van der Waals surface area contributed by atoms with Crippen molar-refractivity contribution < 1.29 is 14.3 Å². The van der Waals surface area contributed by atoms with E-state index in [9.17, 15) is 9.59 Å². The average Bonchev–Trinajstić information content (AvgIpc) is 3.12. The topological polar surface area (TPSA) is 98.1 Å². The Morgan fingerprint density at radius 2 is 1.75 bits per heavy atom. The van der Waals surface area contributed by atoms with Crippen LogP contribution in [0.25, 0.3) is 0 Å². The fourth-order valence-corrected chi connectivity index (χ4v) is 4.01. The first-order chi connectivity index (χ1) is 15.3. The fourth-order valence-electron chi connectivity index (χ4n) is 3.29. The number of methoxy groups -OCH3 is 1. The summed E-state index contributed by atoms with van der Waals surface area (Å²) in [5, 5.41) is 14.8. The predicted octanol–water partition coefficient (Wildman–Crippen LogP) is 3.66. The van der Waals surface area contributed by atoms with Gasteiger partial charge >= 0.3 is 0 Å². The number of aryl methyl sites for hydroxylation is 2. The lowest BCUT2D eigenvalue weighted by atomic mass is 10.1. The number of hydrogen-bond acceptors (Lipinski definition) is 6. The van der Waals surface area contributed by atoms with Crippen LogP contribution in [-0.4, -0.2) is 39.4 Å². The monoisotopic (exact) mass is 453 g/mol. The van der Waals surface area contributed by atoms with E-state index in [0.717, 1.165) is 16.8 Å². The summed E-state index contributed by atoms with van der Waals surface area (Å²) in [6, 6.07) is 12.4. The minimum absolute atomic E-state index is 0.120. The van der Waals surface area contributed by atoms with E-state index < -0.39 is 0 Å². The molecule has 0 aliphatic carbocycles. The molecule has 1 aromatic heterocycles. The second kappa shape index (κ2) is 10.3. The fraction of sp³-hybridized carbons (Fsp3) is 0.304. The van der Waals surface area contributed by atoms with Gasteiger partial charge in [0.05, 0.1) is 18.9 Å². The number of thioether (sulfide) groups is 1. The first-order valence-corrected chi connectivity index (χ1v) is 11.1. The summed E-state index contributed by atoms with van der Waals surface area (Å²) in [6.07, 6.45) is 0. The first-order valence-electron chi connectivity index (χ1n) is 10.1. The van der Waals surface area contributed by atoms with Gasteiger partial charge in [0.15, 0.2) is 11.0 Å². The first kappa shape index (κ1) is 23.3. The number of amides is 2. The number of ether oxygens (including phenoxy) is 1. The summed E-state index contributed by atoms with van der Waals surface area (Å²) in [4.78, 5) is 24.9. The van der Waals surface area contributed by atoms with Gasteiger partial charge in [-0.05, 0) is 68.3 Å². The quantitative estimate of drug-likeness (QED) is 0.505. The second-order valence-corrected chi connectivity index (χ2v) is 8.48. The Hall–Kier alpha value is -3.33. The third-order valence-electron chi connectivity index (χ3n) is 4.79. The summed E-state index contributed by atoms with van der Waals surface area (Å²) >= 11 is 1.29. The molecule has 0 unspecified atom stereocenters. The lowest BCUT2D eigenvalue weighted by Crippen LogP contribution is -2.28. The Balaban J connectivity index is 1.57. The van der Waals surface area contributed by atoms with Crippen LogP contribution in [0, 0.1) is 13.8 Å². The lowest BCUT2D eigenvalue weighted by Gasteiger charge is -2.14. The van der Waals surface area contributed by atoms with Crippen LogP contribution in [0.4, 0.5) is 5.69 Å². The average molecular weight is 454 g/mol. The van der Waals surface area contributed by atoms with Crippen LogP contribution in [0.2, 0.25) is 0 Å². The Morgan fingerprint density at radius 1 is 1.09 bits per heavy atom. The molecular weight excluding hydrogens is 426 g/mol. The minimum Gasteiger partial charge on any atom is -0.497 e. The van der Waals surface area contributed by atoms with Crippen LogP contribution in [0.3, 0.4) is 0 Å². The van der Waals surface area contributed by atoms with Crippen molar-refractivity contribution in [2.75, 3.05) is 18.2 Å². The maximum absolute atomic E-state index is 12.5. The van der Waals surface area contributed by atoms with Gasteiger partial charge in [-0.1, -0.05) is 17.8 Å². The highest BCUT2D eigenvalue weighted by molar-refractivity contribution is 7.99. The number of anilines is 1. The number of hydrogen-bond donors (Lipinski definition) is 2. The highest BCUT2D eigenvalue weighted by Crippen LogP contribution is 2.21. The molecule has 1 heterocycles. The van der Waals surface area contributed by atoms with Crippen molar-refractivity contribution in [1.82, 2.24) is 20.1 Å². The number of carbonyl (C=O) groups excluding carboxylic acids is 2. The maximum atomic E-state index is 12.5. The number of benzene rings is 2. The minimum atomic E-state index is -0.361. The second-order valence-electron chi connectivity index (χ2n) is 7.54. The van der Waals surface area contributed by atoms with E-state index in [1.807, 2.05) is 40.0 Å². The smallest absolute Gasteiger partial charge is 0.251 e. The van der Waals surface area contributed by atoms with E-state index in [4.69, 9.17) is 4.74 Å². The van der Waals surface area contributed by atoms with Gasteiger partial charge in [0, 0.05) is 18.3 Å². The van der Waals surface area contributed by atoms with Gasteiger partial charge in [-0.25, -0.2) is 0 Å². The maximum Gasteiger partial charge on any atom is 0.251 e. The van der Waals surface area contributed by atoms with Crippen LogP contribution in [0.15, 0.2) is 47.6 Å². The normalized spacial score (nSPS) is 11.7. The molecule has 8 nitrogen and oxygen atoms in total. The summed E-state index contributed by atoms with van der Waals surface area (Å²) in [7, 11) is 3.39. The molecule has 2 amide bonds. The molecule has 3 aromatic rings. The molecule has 0 saturated heterocycles. The molecule has 2 aromatic carbocycles. The van der Waals surface area contributed by atoms with Gasteiger partial charge in [-0.2, -0.15) is 0 Å². The largest absolute Gasteiger partial charge is 0.497 e. The van der Waals surface area contributed by atoms with Gasteiger partial charge in [0.25, 0.3) is 5.91 Å². The highest BCUT2D eigenvalue weighted by Gasteiger charge is 2.19. The van der Waals surface area contributed by atoms with Gasteiger partial charge in [0.2, 0.25) is 5.91 Å². The van der Waals surface area contributed by atoms with Crippen LogP contribution in [-0.2, 0) is 11.8 Å². The van der Waals surface area contributed by atoms with Crippen LogP contribution < -0.4 is 15.4 Å². The zero-order valence-corrected chi connectivity index (χ0v) is 19.6. The number of aromatic nitrogens is 3. The van der Waals surface area contributed by atoms with Crippen LogP contribution >= 0.6 is 11.8 Å². The van der Waals surface area contributed by atoms with Crippen molar-refractivity contribution in [2.24, 2.45) is 7.05 Å². The standard InChI is InChI=1S/C23H27N5O3S/c1-14-10-15(2)12-18(11-14)25-20(29)13-32-23-27-26-21(28(23)4)16(3)24-22(30)17-6-8-19(31-5)9-7-17/h6-12,16H,13H2,1-5H3,(H,24,30)(H,25,29)/t16-/m1/s1. The van der Waals surface area contributed by atoms with E-state index in [1.165, 1.54) is 11.8 Å². The Bertz CT molecular complexity index is 1090. The molecule has 0 radical (unpaired) electrons. The molecule has 0 bridgehead atoms. The zero-order valence-electron chi connectivity index (χ0n) is 18.8. The Labute approximate surface area is 191 Å². The Morgan fingerprint density at radius 3 is 2.38 bits per heavy atom. The molecule has 168 valence electrons. The summed E-state index contributed by atoms with van der Waals surface area (Å²) in [5.74, 6) is 1.15. The molecule has 3 rings (SSSR count). The summed E-state index contributed by atoms with van der Waals surface area (Å²) < 4.78 is 6.90. The van der Waals surface area contributed by atoms with Crippen molar-refractivity contribution in [3.63, 3.8) is 0 Å². The van der Waals surface area contributed by atoms with E-state index in [-0.39, 0.29) is 23.6 Å². The summed E-state index contributed by atoms with van der Waals surface area (Å²) in [6.45, 7) is 5.83. The molecule has 2 N–H and O–H groups in total. The van der Waals surface area contributed by atoms with E-state index in [0.29, 0.717) is 22.3 Å². The number of rotatable bonds is 8. The third-order valence-corrected chi connectivity index (χ3v) is 5.81. The molecule has 0 spiro atoms. The molecule has 0 aliphatic rings. The third kappa shape index (κ3) is 5.88. The molecule has 0 saturated carbocycles. The van der Waals surface area contributed by atoms with E-state index in [1.54, 1.807) is 35.9 Å². The van der Waals surface area contributed by atoms with Crippen LogP contribution in [0.1, 0.15) is 40.3 Å². The van der Waals surface area contributed by atoms with Gasteiger partial charge in [-0.3, -0.25) is 9.59 Å².